The minimum absolute atomic E-state index is 0.0844. The molecule has 0 saturated carbocycles. The largest absolute Gasteiger partial charge is 0.384 e. The molecule has 0 spiro atoms. The van der Waals surface area contributed by atoms with Crippen LogP contribution in [0.5, 0.6) is 0 Å². The van der Waals surface area contributed by atoms with Crippen molar-refractivity contribution >= 4 is 27.1 Å². The molecule has 6 heteroatoms. The molecule has 0 unspecified atom stereocenters. The van der Waals surface area contributed by atoms with E-state index in [9.17, 15) is 8.42 Å². The van der Waals surface area contributed by atoms with Crippen LogP contribution in [0.25, 0.3) is 0 Å². The van der Waals surface area contributed by atoms with Gasteiger partial charge in [-0.3, -0.25) is 0 Å². The van der Waals surface area contributed by atoms with Gasteiger partial charge in [-0.05, 0) is 18.2 Å². The van der Waals surface area contributed by atoms with E-state index in [0.29, 0.717) is 22.8 Å². The fraction of sp³-hybridized carbons (Fsp3) is 0.364. The van der Waals surface area contributed by atoms with Gasteiger partial charge in [0.2, 0.25) is 0 Å². The number of nitrogens with one attached hydrogen (secondary N) is 1. The van der Waals surface area contributed by atoms with E-state index in [1.807, 2.05) is 6.07 Å². The van der Waals surface area contributed by atoms with E-state index in [1.165, 1.54) is 0 Å². The lowest BCUT2D eigenvalue weighted by molar-refractivity contribution is 0.597. The van der Waals surface area contributed by atoms with E-state index < -0.39 is 9.84 Å². The number of hydrogen-bond donors (Lipinski definition) is 1. The molecule has 4 nitrogen and oxygen atoms in total. The van der Waals surface area contributed by atoms with Crippen molar-refractivity contribution < 1.29 is 8.42 Å². The van der Waals surface area contributed by atoms with E-state index in [2.05, 4.69) is 5.32 Å². The zero-order chi connectivity index (χ0) is 12.9. The Hall–Kier alpha value is -1.25. The summed E-state index contributed by atoms with van der Waals surface area (Å²) in [6.45, 7) is 1.95. The number of anilines is 1. The van der Waals surface area contributed by atoms with Crippen LogP contribution in [0.1, 0.15) is 12.5 Å². The average molecular weight is 273 g/mol. The van der Waals surface area contributed by atoms with Crippen molar-refractivity contribution in [3.63, 3.8) is 0 Å². The maximum Gasteiger partial charge on any atom is 0.151 e. The van der Waals surface area contributed by atoms with Gasteiger partial charge < -0.3 is 5.32 Å². The summed E-state index contributed by atoms with van der Waals surface area (Å²) in [5.74, 6) is 0.226. The number of nitrogens with zero attached hydrogens (tertiary/aromatic N) is 1. The van der Waals surface area contributed by atoms with Crippen LogP contribution in [-0.2, 0) is 9.84 Å². The fourth-order valence-electron chi connectivity index (χ4n) is 1.21. The monoisotopic (exact) mass is 272 g/mol. The molecule has 0 amide bonds. The minimum atomic E-state index is -2.96. The highest BCUT2D eigenvalue weighted by atomic mass is 35.5. The SMILES string of the molecule is CCS(=O)(=O)CCNc1ccc(C#N)c(Cl)c1. The van der Waals surface area contributed by atoms with Crippen LogP contribution in [0.3, 0.4) is 0 Å². The maximum absolute atomic E-state index is 11.2. The highest BCUT2D eigenvalue weighted by Gasteiger charge is 2.06. The first kappa shape index (κ1) is 13.8. The van der Waals surface area contributed by atoms with Gasteiger partial charge in [-0.15, -0.1) is 0 Å². The molecule has 1 N–H and O–H groups in total. The van der Waals surface area contributed by atoms with Gasteiger partial charge in [-0.25, -0.2) is 8.42 Å². The third kappa shape index (κ3) is 4.25. The lowest BCUT2D eigenvalue weighted by atomic mass is 10.2. The number of rotatable bonds is 5. The molecule has 0 bridgehead atoms. The topological polar surface area (TPSA) is 70.0 Å². The standard InChI is InChI=1S/C11H13ClN2O2S/c1-2-17(15,16)6-5-14-10-4-3-9(8-13)11(12)7-10/h3-4,7,14H,2,5-6H2,1H3. The summed E-state index contributed by atoms with van der Waals surface area (Å²) in [6, 6.07) is 6.86. The number of nitriles is 1. The van der Waals surface area contributed by atoms with Crippen LogP contribution in [-0.4, -0.2) is 26.5 Å². The maximum atomic E-state index is 11.2. The van der Waals surface area contributed by atoms with Gasteiger partial charge in [0, 0.05) is 18.0 Å². The molecule has 0 saturated heterocycles. The van der Waals surface area contributed by atoms with E-state index in [4.69, 9.17) is 16.9 Å². The molecular formula is C11H13ClN2O2S. The molecule has 0 aliphatic heterocycles. The van der Waals surface area contributed by atoms with E-state index in [0.717, 1.165) is 0 Å². The molecule has 0 aliphatic carbocycles. The van der Waals surface area contributed by atoms with Gasteiger partial charge in [-0.1, -0.05) is 18.5 Å². The molecule has 1 rings (SSSR count). The Morgan fingerprint density at radius 1 is 1.47 bits per heavy atom. The molecule has 17 heavy (non-hydrogen) atoms. The van der Waals surface area contributed by atoms with E-state index >= 15 is 0 Å². The van der Waals surface area contributed by atoms with Crippen molar-refractivity contribution in [3.05, 3.63) is 28.8 Å². The molecule has 0 aliphatic rings. The molecule has 0 fully saturated rings. The Bertz CT molecular complexity index is 535. The summed E-state index contributed by atoms with van der Waals surface area (Å²) >= 11 is 5.84. The van der Waals surface area contributed by atoms with E-state index in [1.54, 1.807) is 25.1 Å². The van der Waals surface area contributed by atoms with Crippen molar-refractivity contribution in [2.24, 2.45) is 0 Å². The highest BCUT2D eigenvalue weighted by molar-refractivity contribution is 7.91. The van der Waals surface area contributed by atoms with Gasteiger partial charge in [0.1, 0.15) is 6.07 Å². The highest BCUT2D eigenvalue weighted by Crippen LogP contribution is 2.19. The Kier molecular flexibility index (Phi) is 4.79. The molecule has 0 atom stereocenters. The third-order valence-corrected chi connectivity index (χ3v) is 4.29. The van der Waals surface area contributed by atoms with Crippen LogP contribution in [0.4, 0.5) is 5.69 Å². The molecular weight excluding hydrogens is 260 g/mol. The van der Waals surface area contributed by atoms with Gasteiger partial charge in [0.05, 0.1) is 16.3 Å². The number of halogens is 1. The Labute approximate surface area is 106 Å². The number of hydrogen-bond acceptors (Lipinski definition) is 4. The normalized spacial score (nSPS) is 10.9. The Morgan fingerprint density at radius 3 is 2.71 bits per heavy atom. The molecule has 92 valence electrons. The summed E-state index contributed by atoms with van der Waals surface area (Å²) in [5.41, 5.74) is 1.11. The van der Waals surface area contributed by atoms with E-state index in [-0.39, 0.29) is 11.5 Å². The van der Waals surface area contributed by atoms with Crippen LogP contribution in [0, 0.1) is 11.3 Å². The van der Waals surface area contributed by atoms with Gasteiger partial charge in [0.15, 0.2) is 9.84 Å². The molecule has 0 heterocycles. The smallest absolute Gasteiger partial charge is 0.151 e. The van der Waals surface area contributed by atoms with Crippen LogP contribution >= 0.6 is 11.6 Å². The van der Waals surface area contributed by atoms with Crippen molar-refractivity contribution in [2.75, 3.05) is 23.4 Å². The molecule has 1 aromatic carbocycles. The zero-order valence-electron chi connectivity index (χ0n) is 9.40. The predicted octanol–water partition coefficient (Wildman–Crippen LogP) is 2.06. The van der Waals surface area contributed by atoms with Crippen molar-refractivity contribution in [1.82, 2.24) is 0 Å². The van der Waals surface area contributed by atoms with Crippen molar-refractivity contribution in [2.45, 2.75) is 6.92 Å². The van der Waals surface area contributed by atoms with Crippen LogP contribution < -0.4 is 5.32 Å². The Balaban J connectivity index is 2.60. The second kappa shape index (κ2) is 5.89. The molecule has 0 radical (unpaired) electrons. The fourth-order valence-corrected chi connectivity index (χ4v) is 2.14. The molecule has 0 aromatic heterocycles. The van der Waals surface area contributed by atoms with Gasteiger partial charge in [0.25, 0.3) is 0 Å². The first-order valence-corrected chi connectivity index (χ1v) is 7.32. The third-order valence-electron chi connectivity index (χ3n) is 2.27. The summed E-state index contributed by atoms with van der Waals surface area (Å²) in [5, 5.41) is 12.0. The van der Waals surface area contributed by atoms with Crippen molar-refractivity contribution in [1.29, 1.82) is 5.26 Å². The summed E-state index contributed by atoms with van der Waals surface area (Å²) in [4.78, 5) is 0. The number of sulfone groups is 1. The molecule has 1 aromatic rings. The van der Waals surface area contributed by atoms with Crippen LogP contribution in [0.15, 0.2) is 18.2 Å². The summed E-state index contributed by atoms with van der Waals surface area (Å²) in [6.07, 6.45) is 0. The predicted molar refractivity (Wildman–Crippen MR) is 69.0 cm³/mol. The van der Waals surface area contributed by atoms with Crippen LogP contribution in [0.2, 0.25) is 5.02 Å². The Morgan fingerprint density at radius 2 is 2.18 bits per heavy atom. The van der Waals surface area contributed by atoms with Gasteiger partial charge >= 0.3 is 0 Å². The number of benzene rings is 1. The second-order valence-electron chi connectivity index (χ2n) is 3.47. The summed E-state index contributed by atoms with van der Waals surface area (Å²) in [7, 11) is -2.96. The van der Waals surface area contributed by atoms with Gasteiger partial charge in [-0.2, -0.15) is 5.26 Å². The zero-order valence-corrected chi connectivity index (χ0v) is 11.0. The lowest BCUT2D eigenvalue weighted by Crippen LogP contribution is -2.17. The quantitative estimate of drug-likeness (QED) is 0.891. The first-order valence-electron chi connectivity index (χ1n) is 5.12. The van der Waals surface area contributed by atoms with Crippen molar-refractivity contribution in [3.8, 4) is 6.07 Å². The minimum Gasteiger partial charge on any atom is -0.384 e. The second-order valence-corrected chi connectivity index (χ2v) is 6.35. The first-order chi connectivity index (χ1) is 7.98. The summed E-state index contributed by atoms with van der Waals surface area (Å²) < 4.78 is 22.5. The lowest BCUT2D eigenvalue weighted by Gasteiger charge is -2.07. The average Bonchev–Trinajstić information content (AvgIpc) is 2.29.